The van der Waals surface area contributed by atoms with E-state index >= 15 is 0 Å². The van der Waals surface area contributed by atoms with E-state index in [1.807, 2.05) is 18.2 Å². The van der Waals surface area contributed by atoms with Gasteiger partial charge in [0.25, 0.3) is 0 Å². The van der Waals surface area contributed by atoms with Crippen LogP contribution < -0.4 is 0 Å². The molecule has 3 heteroatoms. The lowest BCUT2D eigenvalue weighted by molar-refractivity contribution is 0.690. The van der Waals surface area contributed by atoms with Gasteiger partial charge in [-0.3, -0.25) is 0 Å². The second-order valence-corrected chi connectivity index (χ2v) is 5.77. The molecule has 0 radical (unpaired) electrons. The molecule has 0 aliphatic heterocycles. The Kier molecular flexibility index (Phi) is 6.03. The predicted octanol–water partition coefficient (Wildman–Crippen LogP) is 5.49. The summed E-state index contributed by atoms with van der Waals surface area (Å²) in [6, 6.07) is 5.65. The minimum atomic E-state index is 0.621. The normalized spacial score (nSPS) is 12.8. The first-order chi connectivity index (χ1) is 7.13. The van der Waals surface area contributed by atoms with Crippen LogP contribution in [0.4, 0.5) is 0 Å². The van der Waals surface area contributed by atoms with E-state index in [1.165, 1.54) is 12.8 Å². The minimum Gasteiger partial charge on any atom is -0.0891 e. The van der Waals surface area contributed by atoms with E-state index in [0.717, 1.165) is 28.5 Å². The molecule has 0 aromatic heterocycles. The van der Waals surface area contributed by atoms with E-state index in [0.29, 0.717) is 4.83 Å². The summed E-state index contributed by atoms with van der Waals surface area (Å²) in [5, 5.41) is 1.59. The van der Waals surface area contributed by atoms with Crippen LogP contribution in [0.3, 0.4) is 0 Å². The van der Waals surface area contributed by atoms with Crippen molar-refractivity contribution in [2.24, 2.45) is 0 Å². The van der Waals surface area contributed by atoms with Crippen LogP contribution in [0, 0.1) is 0 Å². The van der Waals surface area contributed by atoms with E-state index < -0.39 is 0 Å². The van der Waals surface area contributed by atoms with Gasteiger partial charge in [0.2, 0.25) is 0 Å². The van der Waals surface area contributed by atoms with E-state index in [4.69, 9.17) is 23.2 Å². The molecule has 1 atom stereocenters. The molecular formula is C12H15BrCl2. The molecule has 0 N–H and O–H groups in total. The number of alkyl halides is 1. The van der Waals surface area contributed by atoms with Crippen molar-refractivity contribution in [1.82, 2.24) is 0 Å². The molecule has 0 spiro atoms. The minimum absolute atomic E-state index is 0.621. The number of halogens is 3. The Hall–Kier alpha value is 0.280. The first kappa shape index (κ1) is 13.3. The average molecular weight is 310 g/mol. The van der Waals surface area contributed by atoms with E-state index in [9.17, 15) is 0 Å². The van der Waals surface area contributed by atoms with E-state index in [-0.39, 0.29) is 0 Å². The molecule has 0 bridgehead atoms. The number of hydrogen-bond donors (Lipinski definition) is 0. The van der Waals surface area contributed by atoms with Crippen molar-refractivity contribution in [1.29, 1.82) is 0 Å². The maximum atomic E-state index is 6.08. The standard InChI is InChI=1S/C12H15BrCl2/c1-2-10(13)5-3-4-9-8-11(14)6-7-12(9)15/h6-8,10H,2-5H2,1H3. The van der Waals surface area contributed by atoms with Gasteiger partial charge in [0.1, 0.15) is 0 Å². The van der Waals surface area contributed by atoms with Gasteiger partial charge in [-0.1, -0.05) is 46.1 Å². The van der Waals surface area contributed by atoms with Gasteiger partial charge in [-0.05, 0) is 49.4 Å². The molecule has 15 heavy (non-hydrogen) atoms. The Morgan fingerprint density at radius 3 is 2.73 bits per heavy atom. The molecule has 0 heterocycles. The monoisotopic (exact) mass is 308 g/mol. The van der Waals surface area contributed by atoms with E-state index in [2.05, 4.69) is 22.9 Å². The van der Waals surface area contributed by atoms with Crippen LogP contribution in [0.25, 0.3) is 0 Å². The highest BCUT2D eigenvalue weighted by atomic mass is 79.9. The van der Waals surface area contributed by atoms with Gasteiger partial charge in [-0.2, -0.15) is 0 Å². The second-order valence-electron chi connectivity index (χ2n) is 3.63. The molecule has 0 amide bonds. The van der Waals surface area contributed by atoms with Gasteiger partial charge in [0.05, 0.1) is 0 Å². The molecule has 1 aromatic rings. The summed E-state index contributed by atoms with van der Waals surface area (Å²) in [5.74, 6) is 0. The fourth-order valence-electron chi connectivity index (χ4n) is 1.45. The lowest BCUT2D eigenvalue weighted by Crippen LogP contribution is -1.96. The van der Waals surface area contributed by atoms with Crippen molar-refractivity contribution in [3.63, 3.8) is 0 Å². The zero-order valence-corrected chi connectivity index (χ0v) is 11.9. The summed E-state index contributed by atoms with van der Waals surface area (Å²) < 4.78 is 0. The Morgan fingerprint density at radius 1 is 1.33 bits per heavy atom. The molecule has 1 aromatic carbocycles. The first-order valence-corrected chi connectivity index (χ1v) is 6.88. The SMILES string of the molecule is CCC(Br)CCCc1cc(Cl)ccc1Cl. The van der Waals surface area contributed by atoms with Gasteiger partial charge in [-0.15, -0.1) is 0 Å². The van der Waals surface area contributed by atoms with Crippen molar-refractivity contribution >= 4 is 39.1 Å². The zero-order chi connectivity index (χ0) is 11.3. The maximum absolute atomic E-state index is 6.08. The largest absolute Gasteiger partial charge is 0.0891 e. The molecule has 0 aliphatic carbocycles. The van der Waals surface area contributed by atoms with Crippen LogP contribution in [0.1, 0.15) is 31.7 Å². The molecule has 0 aliphatic rings. The first-order valence-electron chi connectivity index (χ1n) is 5.21. The molecule has 1 unspecified atom stereocenters. The Bertz CT molecular complexity index is 312. The molecule has 84 valence electrons. The molecule has 0 fully saturated rings. The summed E-state index contributed by atoms with van der Waals surface area (Å²) in [4.78, 5) is 0.621. The van der Waals surface area contributed by atoms with Gasteiger partial charge in [0.15, 0.2) is 0 Å². The van der Waals surface area contributed by atoms with E-state index in [1.54, 1.807) is 0 Å². The molecular weight excluding hydrogens is 295 g/mol. The fraction of sp³-hybridized carbons (Fsp3) is 0.500. The van der Waals surface area contributed by atoms with Crippen LogP contribution in [-0.4, -0.2) is 4.83 Å². The number of rotatable bonds is 5. The Morgan fingerprint density at radius 2 is 2.07 bits per heavy atom. The molecule has 0 saturated carbocycles. The van der Waals surface area contributed by atoms with Crippen LogP contribution in [0.2, 0.25) is 10.0 Å². The highest BCUT2D eigenvalue weighted by Gasteiger charge is 2.04. The number of aryl methyl sites for hydroxylation is 1. The van der Waals surface area contributed by atoms with Crippen LogP contribution >= 0.6 is 39.1 Å². The third-order valence-corrected chi connectivity index (χ3v) is 4.12. The Labute approximate surface area is 110 Å². The highest BCUT2D eigenvalue weighted by Crippen LogP contribution is 2.23. The molecule has 0 nitrogen and oxygen atoms in total. The van der Waals surface area contributed by atoms with Gasteiger partial charge < -0.3 is 0 Å². The van der Waals surface area contributed by atoms with Gasteiger partial charge >= 0.3 is 0 Å². The number of hydrogen-bond acceptors (Lipinski definition) is 0. The van der Waals surface area contributed by atoms with Crippen molar-refractivity contribution in [3.05, 3.63) is 33.8 Å². The summed E-state index contributed by atoms with van der Waals surface area (Å²) in [6.07, 6.45) is 4.49. The molecule has 1 rings (SSSR count). The van der Waals surface area contributed by atoms with Crippen molar-refractivity contribution in [2.75, 3.05) is 0 Å². The third kappa shape index (κ3) is 4.76. The smallest absolute Gasteiger partial charge is 0.0439 e. The third-order valence-electron chi connectivity index (χ3n) is 2.41. The molecule has 0 saturated heterocycles. The van der Waals surface area contributed by atoms with Gasteiger partial charge in [-0.25, -0.2) is 0 Å². The van der Waals surface area contributed by atoms with Crippen LogP contribution in [0.15, 0.2) is 18.2 Å². The second kappa shape index (κ2) is 6.78. The summed E-state index contributed by atoms with van der Waals surface area (Å²) in [6.45, 7) is 2.19. The van der Waals surface area contributed by atoms with Crippen molar-refractivity contribution in [2.45, 2.75) is 37.4 Å². The zero-order valence-electron chi connectivity index (χ0n) is 8.77. The van der Waals surface area contributed by atoms with Crippen molar-refractivity contribution in [3.8, 4) is 0 Å². The number of benzene rings is 1. The average Bonchev–Trinajstić information content (AvgIpc) is 2.23. The summed E-state index contributed by atoms with van der Waals surface area (Å²) >= 11 is 15.6. The summed E-state index contributed by atoms with van der Waals surface area (Å²) in [7, 11) is 0. The maximum Gasteiger partial charge on any atom is 0.0439 e. The Balaban J connectivity index is 2.46. The van der Waals surface area contributed by atoms with Gasteiger partial charge in [0, 0.05) is 14.9 Å². The predicted molar refractivity (Wildman–Crippen MR) is 72.4 cm³/mol. The summed E-state index contributed by atoms with van der Waals surface area (Å²) in [5.41, 5.74) is 1.15. The van der Waals surface area contributed by atoms with Crippen molar-refractivity contribution < 1.29 is 0 Å². The quantitative estimate of drug-likeness (QED) is 0.631. The highest BCUT2D eigenvalue weighted by molar-refractivity contribution is 9.09. The topological polar surface area (TPSA) is 0 Å². The fourth-order valence-corrected chi connectivity index (χ4v) is 2.18. The lowest BCUT2D eigenvalue weighted by Gasteiger charge is -2.07. The lowest BCUT2D eigenvalue weighted by atomic mass is 10.1. The van der Waals surface area contributed by atoms with Crippen LogP contribution in [-0.2, 0) is 6.42 Å². The van der Waals surface area contributed by atoms with Crippen LogP contribution in [0.5, 0.6) is 0 Å².